The molecule has 1 N–H and O–H groups in total. The fourth-order valence-corrected chi connectivity index (χ4v) is 5.52. The molecule has 0 aliphatic rings. The zero-order valence-corrected chi connectivity index (χ0v) is 18.7. The number of para-hydroxylation sites is 2. The molecule has 8 aromatic rings. The summed E-state index contributed by atoms with van der Waals surface area (Å²) in [7, 11) is 0.00163. The number of hydrogen-bond acceptors (Lipinski definition) is 3. The molecule has 0 saturated carbocycles. The molecule has 3 heterocycles. The van der Waals surface area contributed by atoms with Crippen LogP contribution in [0.15, 0.2) is 106 Å². The smallest absolute Gasteiger partial charge is 0.304 e. The summed E-state index contributed by atoms with van der Waals surface area (Å²) in [6.45, 7) is 0. The number of hydrogen-bond donors (Lipinski definition) is 1. The number of rotatable bonds is 2. The highest BCUT2D eigenvalue weighted by Crippen LogP contribution is 2.38. The topological polar surface area (TPSA) is 51.4 Å². The second kappa shape index (κ2) is 6.78. The molecule has 35 heavy (non-hydrogen) atoms. The summed E-state index contributed by atoms with van der Waals surface area (Å²) in [6.07, 6.45) is 0. The Morgan fingerprint density at radius 1 is 0.514 bits per heavy atom. The van der Waals surface area contributed by atoms with Crippen LogP contribution < -0.4 is 5.46 Å². The van der Waals surface area contributed by atoms with Gasteiger partial charge in [-0.2, -0.15) is 0 Å². The van der Waals surface area contributed by atoms with E-state index in [-0.39, 0.29) is 7.48 Å². The van der Waals surface area contributed by atoms with Crippen molar-refractivity contribution in [3.05, 3.63) is 97.1 Å². The van der Waals surface area contributed by atoms with Crippen LogP contribution in [0.2, 0.25) is 0 Å². The fraction of sp³-hybridized carbons (Fsp3) is 0. The lowest BCUT2D eigenvalue weighted by Gasteiger charge is -2.07. The number of furan rings is 2. The molecular weight excluding hydrogens is 433 g/mol. The zero-order chi connectivity index (χ0) is 23.1. The maximum Gasteiger partial charge on any atom is 0.304 e. The largest absolute Gasteiger partial charge is 0.456 e. The van der Waals surface area contributed by atoms with Gasteiger partial charge in [0.1, 0.15) is 22.3 Å². The van der Waals surface area contributed by atoms with E-state index in [1.165, 1.54) is 21.8 Å². The zero-order valence-electron chi connectivity index (χ0n) is 18.7. The molecule has 0 spiro atoms. The Kier molecular flexibility index (Phi) is 3.66. The fourth-order valence-electron chi connectivity index (χ4n) is 5.52. The van der Waals surface area contributed by atoms with Gasteiger partial charge in [-0.3, -0.25) is 0 Å². The van der Waals surface area contributed by atoms with Crippen molar-refractivity contribution in [1.82, 2.24) is 4.57 Å². The third-order valence-corrected chi connectivity index (χ3v) is 7.13. The van der Waals surface area contributed by atoms with Crippen LogP contribution in [0.3, 0.4) is 0 Å². The highest BCUT2D eigenvalue weighted by molar-refractivity contribution is 6.46. The molecule has 8 rings (SSSR count). The van der Waals surface area contributed by atoms with E-state index in [1.54, 1.807) is 0 Å². The van der Waals surface area contributed by atoms with E-state index in [1.807, 2.05) is 24.3 Å². The van der Waals surface area contributed by atoms with Crippen LogP contribution in [-0.4, -0.2) is 17.1 Å². The van der Waals surface area contributed by atoms with Crippen molar-refractivity contribution in [2.75, 3.05) is 0 Å². The molecule has 0 saturated heterocycles. The molecule has 0 fully saturated rings. The first-order valence-electron chi connectivity index (χ1n) is 11.7. The Morgan fingerprint density at radius 3 is 1.74 bits per heavy atom. The summed E-state index contributed by atoms with van der Waals surface area (Å²) in [5.41, 5.74) is 7.56. The predicted molar refractivity (Wildman–Crippen MR) is 144 cm³/mol. The summed E-state index contributed by atoms with van der Waals surface area (Å²) in [5.74, 6) is 0. The first-order chi connectivity index (χ1) is 17.3. The van der Waals surface area contributed by atoms with Crippen LogP contribution in [0.1, 0.15) is 0 Å². The Morgan fingerprint density at radius 2 is 1.09 bits per heavy atom. The summed E-state index contributed by atoms with van der Waals surface area (Å²) < 4.78 is 14.7. The number of aromatic nitrogens is 1. The van der Waals surface area contributed by atoms with Crippen molar-refractivity contribution in [3.63, 3.8) is 0 Å². The molecule has 0 amide bonds. The lowest BCUT2D eigenvalue weighted by molar-refractivity contribution is 0.615. The van der Waals surface area contributed by atoms with E-state index in [9.17, 15) is 5.02 Å². The van der Waals surface area contributed by atoms with Gasteiger partial charge in [-0.1, -0.05) is 54.0 Å². The molecule has 0 unspecified atom stereocenters. The highest BCUT2D eigenvalue weighted by Gasteiger charge is 2.16. The van der Waals surface area contributed by atoms with Gasteiger partial charge in [0, 0.05) is 44.1 Å². The van der Waals surface area contributed by atoms with Gasteiger partial charge >= 0.3 is 7.48 Å². The molecule has 0 atom stereocenters. The van der Waals surface area contributed by atoms with Crippen LogP contribution in [0.5, 0.6) is 0 Å². The summed E-state index contributed by atoms with van der Waals surface area (Å²) in [5, 5.41) is 16.2. The Labute approximate surface area is 199 Å². The normalized spacial score (nSPS) is 12.1. The molecule has 0 radical (unpaired) electrons. The van der Waals surface area contributed by atoms with Crippen molar-refractivity contribution in [2.24, 2.45) is 0 Å². The van der Waals surface area contributed by atoms with Crippen LogP contribution in [-0.2, 0) is 0 Å². The van der Waals surface area contributed by atoms with Gasteiger partial charge in [0.05, 0.1) is 11.0 Å². The van der Waals surface area contributed by atoms with Gasteiger partial charge in [-0.15, -0.1) is 0 Å². The third kappa shape index (κ3) is 2.56. The lowest BCUT2D eigenvalue weighted by Crippen LogP contribution is -2.11. The third-order valence-electron chi connectivity index (χ3n) is 7.13. The van der Waals surface area contributed by atoms with Crippen molar-refractivity contribution < 1.29 is 13.9 Å². The summed E-state index contributed by atoms with van der Waals surface area (Å²) >= 11 is 0. The first kappa shape index (κ1) is 18.9. The quantitative estimate of drug-likeness (QED) is 0.303. The maximum atomic E-state index is 9.61. The van der Waals surface area contributed by atoms with Gasteiger partial charge in [0.25, 0.3) is 0 Å². The average molecular weight is 451 g/mol. The van der Waals surface area contributed by atoms with E-state index >= 15 is 0 Å². The van der Waals surface area contributed by atoms with Crippen LogP contribution in [0.25, 0.3) is 71.4 Å². The minimum atomic E-state index is 0.00163. The summed E-state index contributed by atoms with van der Waals surface area (Å²) in [4.78, 5) is 0. The first-order valence-corrected chi connectivity index (χ1v) is 11.7. The molecular formula is C30H18BNO3. The molecule has 4 nitrogen and oxygen atoms in total. The number of fused-ring (bicyclic) bond motifs is 9. The second-order valence-electron chi connectivity index (χ2n) is 9.09. The van der Waals surface area contributed by atoms with Crippen LogP contribution >= 0.6 is 0 Å². The Balaban J connectivity index is 1.44. The summed E-state index contributed by atoms with van der Waals surface area (Å²) in [6, 6.07) is 33.4. The van der Waals surface area contributed by atoms with Gasteiger partial charge in [-0.25, -0.2) is 0 Å². The van der Waals surface area contributed by atoms with E-state index in [0.717, 1.165) is 55.0 Å². The molecule has 0 bridgehead atoms. The molecule has 0 aliphatic heterocycles. The number of benzene rings is 5. The van der Waals surface area contributed by atoms with Gasteiger partial charge < -0.3 is 18.4 Å². The van der Waals surface area contributed by atoms with Gasteiger partial charge in [0.2, 0.25) is 0 Å². The van der Waals surface area contributed by atoms with E-state index in [4.69, 9.17) is 8.83 Å². The van der Waals surface area contributed by atoms with Gasteiger partial charge in [-0.05, 0) is 42.5 Å². The molecule has 3 aromatic heterocycles. The standard InChI is InChI=1S/C30H18BNO3/c33-31-17-9-11-27-21(13-17)23-15-24-22-14-18(10-12-28(22)35-30(24)16-29(23)34-27)32-25-7-3-1-5-19(25)20-6-2-4-8-26(20)32/h1-16,31,33H. The molecule has 5 heteroatoms. The Hall–Kier alpha value is -4.48. The number of nitrogens with zero attached hydrogens (tertiary/aromatic N) is 1. The lowest BCUT2D eigenvalue weighted by atomic mass is 9.88. The second-order valence-corrected chi connectivity index (χ2v) is 9.09. The predicted octanol–water partition coefficient (Wildman–Crippen LogP) is 6.55. The van der Waals surface area contributed by atoms with Crippen molar-refractivity contribution in [2.45, 2.75) is 0 Å². The average Bonchev–Trinajstić information content (AvgIpc) is 3.55. The highest BCUT2D eigenvalue weighted by atomic mass is 16.3. The van der Waals surface area contributed by atoms with E-state index in [2.05, 4.69) is 77.4 Å². The van der Waals surface area contributed by atoms with E-state index in [0.29, 0.717) is 0 Å². The van der Waals surface area contributed by atoms with Gasteiger partial charge in [0.15, 0.2) is 0 Å². The van der Waals surface area contributed by atoms with Crippen LogP contribution in [0.4, 0.5) is 0 Å². The van der Waals surface area contributed by atoms with Crippen molar-refractivity contribution in [3.8, 4) is 5.69 Å². The minimum absolute atomic E-state index is 0.00163. The van der Waals surface area contributed by atoms with Crippen LogP contribution in [0, 0.1) is 0 Å². The SMILES string of the molecule is OBc1ccc2oc3cc4oc5ccc(-n6c7ccccc7c7ccccc76)cc5c4cc3c2c1. The van der Waals surface area contributed by atoms with Crippen molar-refractivity contribution in [1.29, 1.82) is 0 Å². The molecule has 164 valence electrons. The maximum absolute atomic E-state index is 9.61. The van der Waals surface area contributed by atoms with E-state index < -0.39 is 0 Å². The monoisotopic (exact) mass is 451 g/mol. The minimum Gasteiger partial charge on any atom is -0.456 e. The van der Waals surface area contributed by atoms with Crippen molar-refractivity contribution >= 4 is 78.6 Å². The molecule has 5 aromatic carbocycles. The Bertz CT molecular complexity index is 2060. The molecule has 0 aliphatic carbocycles.